The monoisotopic (exact) mass is 242 g/mol. The number of carbonyl (C=O) groups is 1. The third kappa shape index (κ3) is 1.90. The van der Waals surface area contributed by atoms with Crippen molar-refractivity contribution < 1.29 is 9.90 Å². The summed E-state index contributed by atoms with van der Waals surface area (Å²) in [6.45, 7) is 0. The molecule has 1 heterocycles. The minimum Gasteiger partial charge on any atom is -0.478 e. The molecule has 1 aliphatic rings. The van der Waals surface area contributed by atoms with Gasteiger partial charge in [0.05, 0.1) is 11.9 Å². The quantitative estimate of drug-likeness (QED) is 0.879. The molecule has 1 N–H and O–H groups in total. The van der Waals surface area contributed by atoms with Gasteiger partial charge in [0.25, 0.3) is 0 Å². The van der Waals surface area contributed by atoms with Crippen LogP contribution >= 0.6 is 0 Å². The van der Waals surface area contributed by atoms with Crippen molar-refractivity contribution >= 4 is 5.97 Å². The molecule has 2 aromatic rings. The molecule has 0 radical (unpaired) electrons. The highest BCUT2D eigenvalue weighted by atomic mass is 16.4. The number of hydrogen-bond acceptors (Lipinski definition) is 2. The Kier molecular flexibility index (Phi) is 2.63. The topological polar surface area (TPSA) is 55.1 Å². The Hall–Kier alpha value is -2.10. The fourth-order valence-corrected chi connectivity index (χ4v) is 2.61. The second-order valence-corrected chi connectivity index (χ2v) is 4.70. The van der Waals surface area contributed by atoms with E-state index in [1.54, 1.807) is 18.3 Å². The lowest BCUT2D eigenvalue weighted by Gasteiger charge is -2.25. The number of rotatable bonds is 2. The van der Waals surface area contributed by atoms with Gasteiger partial charge >= 0.3 is 5.97 Å². The fourth-order valence-electron chi connectivity index (χ4n) is 2.61. The van der Waals surface area contributed by atoms with Crippen LogP contribution < -0.4 is 0 Å². The molecular weight excluding hydrogens is 228 g/mol. The largest absolute Gasteiger partial charge is 0.478 e. The second-order valence-electron chi connectivity index (χ2n) is 4.70. The number of imidazole rings is 1. The first-order valence-corrected chi connectivity index (χ1v) is 6.06. The first kappa shape index (κ1) is 11.0. The average molecular weight is 242 g/mol. The Morgan fingerprint density at radius 2 is 2.28 bits per heavy atom. The van der Waals surface area contributed by atoms with Gasteiger partial charge in [-0.25, -0.2) is 9.78 Å². The predicted octanol–water partition coefficient (Wildman–Crippen LogP) is 2.31. The summed E-state index contributed by atoms with van der Waals surface area (Å²) in [4.78, 5) is 15.0. The van der Waals surface area contributed by atoms with Crippen LogP contribution in [-0.4, -0.2) is 20.6 Å². The summed E-state index contributed by atoms with van der Waals surface area (Å²) in [5.41, 5.74) is 2.80. The Bertz CT molecular complexity index is 575. The minimum absolute atomic E-state index is 0.375. The molecule has 1 aliphatic carbocycles. The van der Waals surface area contributed by atoms with Crippen molar-refractivity contribution in [3.8, 4) is 0 Å². The van der Waals surface area contributed by atoms with Gasteiger partial charge in [-0.05, 0) is 42.5 Å². The van der Waals surface area contributed by atoms with Gasteiger partial charge in [-0.2, -0.15) is 0 Å². The van der Waals surface area contributed by atoms with E-state index < -0.39 is 5.97 Å². The Balaban J connectivity index is 1.91. The van der Waals surface area contributed by atoms with Crippen molar-refractivity contribution in [1.82, 2.24) is 9.55 Å². The smallest absolute Gasteiger partial charge is 0.335 e. The molecule has 0 amide bonds. The normalized spacial score (nSPS) is 18.3. The van der Waals surface area contributed by atoms with Gasteiger partial charge in [-0.3, -0.25) is 0 Å². The standard InChI is InChI=1S/C14H14N2O2/c17-14(18)11-2-1-10-3-4-13(8-12(10)7-11)16-6-5-15-9-16/h1-2,5-7,9,13H,3-4,8H2,(H,17,18). The van der Waals surface area contributed by atoms with E-state index in [1.807, 2.05) is 18.6 Å². The van der Waals surface area contributed by atoms with E-state index in [2.05, 4.69) is 9.55 Å². The fraction of sp³-hybridized carbons (Fsp3) is 0.286. The van der Waals surface area contributed by atoms with Gasteiger partial charge < -0.3 is 9.67 Å². The van der Waals surface area contributed by atoms with E-state index >= 15 is 0 Å². The zero-order valence-electron chi connectivity index (χ0n) is 9.91. The lowest BCUT2D eigenvalue weighted by atomic mass is 9.87. The van der Waals surface area contributed by atoms with Crippen LogP contribution in [0.2, 0.25) is 0 Å². The molecule has 92 valence electrons. The first-order chi connectivity index (χ1) is 8.74. The maximum Gasteiger partial charge on any atom is 0.335 e. The Labute approximate surface area is 105 Å². The number of aromatic carboxylic acids is 1. The minimum atomic E-state index is -0.859. The van der Waals surface area contributed by atoms with Gasteiger partial charge in [-0.1, -0.05) is 6.07 Å². The van der Waals surface area contributed by atoms with Crippen LogP contribution in [0.1, 0.15) is 33.9 Å². The molecule has 4 heteroatoms. The molecule has 0 spiro atoms. The number of nitrogens with zero attached hydrogens (tertiary/aromatic N) is 2. The molecule has 0 fully saturated rings. The zero-order valence-corrected chi connectivity index (χ0v) is 9.91. The van der Waals surface area contributed by atoms with E-state index in [4.69, 9.17) is 5.11 Å². The molecule has 1 aromatic carbocycles. The van der Waals surface area contributed by atoms with Crippen LogP contribution in [0.3, 0.4) is 0 Å². The molecule has 4 nitrogen and oxygen atoms in total. The van der Waals surface area contributed by atoms with Crippen molar-refractivity contribution in [2.75, 3.05) is 0 Å². The van der Waals surface area contributed by atoms with Crippen molar-refractivity contribution in [2.45, 2.75) is 25.3 Å². The van der Waals surface area contributed by atoms with Crippen molar-refractivity contribution in [1.29, 1.82) is 0 Å². The molecule has 3 rings (SSSR count). The summed E-state index contributed by atoms with van der Waals surface area (Å²) in [6, 6.07) is 5.84. The number of benzene rings is 1. The summed E-state index contributed by atoms with van der Waals surface area (Å²) in [5, 5.41) is 9.02. The van der Waals surface area contributed by atoms with E-state index in [9.17, 15) is 4.79 Å². The average Bonchev–Trinajstić information content (AvgIpc) is 2.91. The molecule has 0 saturated heterocycles. The van der Waals surface area contributed by atoms with Crippen molar-refractivity contribution in [3.63, 3.8) is 0 Å². The van der Waals surface area contributed by atoms with Gasteiger partial charge in [-0.15, -0.1) is 0 Å². The lowest BCUT2D eigenvalue weighted by molar-refractivity contribution is 0.0696. The lowest BCUT2D eigenvalue weighted by Crippen LogP contribution is -2.18. The predicted molar refractivity (Wildman–Crippen MR) is 66.7 cm³/mol. The number of fused-ring (bicyclic) bond motifs is 1. The van der Waals surface area contributed by atoms with Crippen LogP contribution in [0.25, 0.3) is 0 Å². The number of aryl methyl sites for hydroxylation is 1. The number of carboxylic acid groups (broad SMARTS) is 1. The molecular formula is C14H14N2O2. The Morgan fingerprint density at radius 3 is 3.00 bits per heavy atom. The van der Waals surface area contributed by atoms with E-state index in [1.165, 1.54) is 5.56 Å². The van der Waals surface area contributed by atoms with Crippen LogP contribution in [0.15, 0.2) is 36.9 Å². The number of hydrogen-bond donors (Lipinski definition) is 1. The highest BCUT2D eigenvalue weighted by molar-refractivity contribution is 5.87. The van der Waals surface area contributed by atoms with Crippen molar-refractivity contribution in [2.24, 2.45) is 0 Å². The highest BCUT2D eigenvalue weighted by Crippen LogP contribution is 2.29. The van der Waals surface area contributed by atoms with Gasteiger partial charge in [0, 0.05) is 18.4 Å². The summed E-state index contributed by atoms with van der Waals surface area (Å²) in [5.74, 6) is -0.859. The third-order valence-electron chi connectivity index (χ3n) is 3.60. The van der Waals surface area contributed by atoms with Crippen LogP contribution in [0, 0.1) is 0 Å². The molecule has 0 saturated carbocycles. The van der Waals surface area contributed by atoms with Crippen molar-refractivity contribution in [3.05, 3.63) is 53.6 Å². The van der Waals surface area contributed by atoms with Gasteiger partial charge in [0.1, 0.15) is 0 Å². The third-order valence-corrected chi connectivity index (χ3v) is 3.60. The molecule has 0 bridgehead atoms. The molecule has 18 heavy (non-hydrogen) atoms. The highest BCUT2D eigenvalue weighted by Gasteiger charge is 2.20. The number of carboxylic acids is 1. The second kappa shape index (κ2) is 4.29. The molecule has 1 unspecified atom stereocenters. The van der Waals surface area contributed by atoms with Crippen LogP contribution in [0.4, 0.5) is 0 Å². The van der Waals surface area contributed by atoms with Gasteiger partial charge in [0.2, 0.25) is 0 Å². The molecule has 0 aliphatic heterocycles. The van der Waals surface area contributed by atoms with E-state index in [-0.39, 0.29) is 0 Å². The number of aromatic nitrogens is 2. The summed E-state index contributed by atoms with van der Waals surface area (Å²) < 4.78 is 2.11. The van der Waals surface area contributed by atoms with Crippen LogP contribution in [-0.2, 0) is 12.8 Å². The summed E-state index contributed by atoms with van der Waals surface area (Å²) in [6.07, 6.45) is 8.54. The molecule has 1 aromatic heterocycles. The molecule has 1 atom stereocenters. The first-order valence-electron chi connectivity index (χ1n) is 6.06. The van der Waals surface area contributed by atoms with Gasteiger partial charge in [0.15, 0.2) is 0 Å². The maximum atomic E-state index is 11.0. The SMILES string of the molecule is O=C(O)c1ccc2c(c1)CC(n1ccnc1)CC2. The Morgan fingerprint density at radius 1 is 1.39 bits per heavy atom. The maximum absolute atomic E-state index is 11.0. The zero-order chi connectivity index (χ0) is 12.5. The summed E-state index contributed by atoms with van der Waals surface area (Å²) in [7, 11) is 0. The van der Waals surface area contributed by atoms with E-state index in [0.717, 1.165) is 24.8 Å². The van der Waals surface area contributed by atoms with Crippen LogP contribution in [0.5, 0.6) is 0 Å². The summed E-state index contributed by atoms with van der Waals surface area (Å²) >= 11 is 0. The van der Waals surface area contributed by atoms with E-state index in [0.29, 0.717) is 11.6 Å².